The van der Waals surface area contributed by atoms with Crippen LogP contribution in [0.25, 0.3) is 0 Å². The molecule has 2 N–H and O–H groups in total. The lowest BCUT2D eigenvalue weighted by Gasteiger charge is -1.99. The fraction of sp³-hybridized carbons (Fsp3) is 0.400. The molecule has 62 valence electrons. The molecule has 1 aromatic heterocycles. The average molecular weight is 177 g/mol. The molecule has 1 aromatic rings. The molecule has 1 heterocycles. The Morgan fingerprint density at radius 2 is 2.00 bits per heavy atom. The van der Waals surface area contributed by atoms with E-state index in [1.165, 1.54) is 13.8 Å². The van der Waals surface area contributed by atoms with Crippen molar-refractivity contribution >= 4 is 12.9 Å². The second-order valence-electron chi connectivity index (χ2n) is 2.22. The summed E-state index contributed by atoms with van der Waals surface area (Å²) in [6, 6.07) is 0. The Morgan fingerprint density at radius 1 is 1.45 bits per heavy atom. The molecule has 5 nitrogen and oxygen atoms in total. The summed E-state index contributed by atoms with van der Waals surface area (Å²) in [5.74, 6) is 0.177. The number of nitrogens with zero attached hydrogens (tertiary/aromatic N) is 1. The first kappa shape index (κ1) is 8.46. The highest BCUT2D eigenvalue weighted by Gasteiger charge is 2.26. The molecule has 0 radical (unpaired) electrons. The van der Waals surface area contributed by atoms with E-state index in [9.17, 15) is 4.57 Å². The van der Waals surface area contributed by atoms with Gasteiger partial charge in [0.15, 0.2) is 0 Å². The molecule has 0 saturated heterocycles. The predicted octanol–water partition coefficient (Wildman–Crippen LogP) is 0.0944. The number of hydrogen-bond donors (Lipinski definition) is 2. The molecule has 6 heteroatoms. The number of aromatic nitrogens is 1. The van der Waals surface area contributed by atoms with Gasteiger partial charge in [-0.05, 0) is 13.8 Å². The van der Waals surface area contributed by atoms with Gasteiger partial charge in [0.25, 0.3) is 0 Å². The maximum atomic E-state index is 10.7. The van der Waals surface area contributed by atoms with Crippen LogP contribution in [-0.4, -0.2) is 14.9 Å². The second-order valence-corrected chi connectivity index (χ2v) is 3.75. The molecule has 1 rings (SSSR count). The Balaban J connectivity index is 3.33. The highest BCUT2D eigenvalue weighted by atomic mass is 31.2. The van der Waals surface area contributed by atoms with Crippen molar-refractivity contribution in [3.8, 4) is 0 Å². The number of hydrogen-bond acceptors (Lipinski definition) is 3. The number of rotatable bonds is 1. The van der Waals surface area contributed by atoms with Gasteiger partial charge in [-0.1, -0.05) is 5.16 Å². The van der Waals surface area contributed by atoms with Gasteiger partial charge in [0.05, 0.1) is 5.69 Å². The van der Waals surface area contributed by atoms with E-state index >= 15 is 0 Å². The van der Waals surface area contributed by atoms with Gasteiger partial charge >= 0.3 is 7.60 Å². The fourth-order valence-electron chi connectivity index (χ4n) is 0.894. The highest BCUT2D eigenvalue weighted by molar-refractivity contribution is 7.60. The van der Waals surface area contributed by atoms with Crippen LogP contribution in [0.4, 0.5) is 0 Å². The van der Waals surface area contributed by atoms with Gasteiger partial charge in [-0.2, -0.15) is 0 Å². The van der Waals surface area contributed by atoms with Gasteiger partial charge in [-0.15, -0.1) is 0 Å². The summed E-state index contributed by atoms with van der Waals surface area (Å²) in [6.07, 6.45) is 0. The summed E-state index contributed by atoms with van der Waals surface area (Å²) < 4.78 is 15.3. The lowest BCUT2D eigenvalue weighted by molar-refractivity contribution is 0.382. The summed E-state index contributed by atoms with van der Waals surface area (Å²) in [5.41, 5.74) is 0.246. The van der Waals surface area contributed by atoms with Gasteiger partial charge in [0.2, 0.25) is 0 Å². The average Bonchev–Trinajstić information content (AvgIpc) is 2.08. The third-order valence-electron chi connectivity index (χ3n) is 1.29. The van der Waals surface area contributed by atoms with Crippen LogP contribution < -0.4 is 5.30 Å². The van der Waals surface area contributed by atoms with Gasteiger partial charge in [0.1, 0.15) is 11.1 Å². The van der Waals surface area contributed by atoms with E-state index in [0.717, 1.165) is 0 Å². The summed E-state index contributed by atoms with van der Waals surface area (Å²) in [6.45, 7) is 2.96. The minimum atomic E-state index is -4.20. The van der Waals surface area contributed by atoms with E-state index in [1.54, 1.807) is 0 Å². The minimum absolute atomic E-state index is 0.0995. The summed E-state index contributed by atoms with van der Waals surface area (Å²) in [4.78, 5) is 17.5. The van der Waals surface area contributed by atoms with Crippen molar-refractivity contribution in [2.45, 2.75) is 13.8 Å². The first-order valence-electron chi connectivity index (χ1n) is 2.92. The largest absolute Gasteiger partial charge is 0.361 e. The molecule has 0 aliphatic rings. The zero-order valence-corrected chi connectivity index (χ0v) is 7.00. The Hall–Kier alpha value is -0.640. The topological polar surface area (TPSA) is 83.6 Å². The van der Waals surface area contributed by atoms with E-state index in [2.05, 4.69) is 9.68 Å². The molecule has 0 spiro atoms. The zero-order chi connectivity index (χ0) is 8.65. The molecule has 0 fully saturated rings. The summed E-state index contributed by atoms with van der Waals surface area (Å²) >= 11 is 0. The third kappa shape index (κ3) is 1.50. The van der Waals surface area contributed by atoms with Crippen molar-refractivity contribution in [3.63, 3.8) is 0 Å². The standard InChI is InChI=1S/C5H8NO4P/c1-3-5(11(7,8)9)4(2)10-6-3/h1-2H3,(H2,7,8,9). The van der Waals surface area contributed by atoms with Crippen molar-refractivity contribution < 1.29 is 18.9 Å². The van der Waals surface area contributed by atoms with Crippen LogP contribution in [0.15, 0.2) is 4.52 Å². The maximum absolute atomic E-state index is 10.7. The van der Waals surface area contributed by atoms with Gasteiger partial charge in [-0.25, -0.2) is 0 Å². The second kappa shape index (κ2) is 2.44. The molecule has 0 atom stereocenters. The van der Waals surface area contributed by atoms with E-state index in [1.807, 2.05) is 0 Å². The van der Waals surface area contributed by atoms with Crippen LogP contribution in [0.1, 0.15) is 11.5 Å². The Morgan fingerprint density at radius 3 is 2.18 bits per heavy atom. The molecular weight excluding hydrogens is 169 g/mol. The van der Waals surface area contributed by atoms with Crippen LogP contribution in [0.5, 0.6) is 0 Å². The summed E-state index contributed by atoms with van der Waals surface area (Å²) in [7, 11) is -4.20. The van der Waals surface area contributed by atoms with E-state index in [4.69, 9.17) is 9.79 Å². The Bertz CT molecular complexity index is 293. The van der Waals surface area contributed by atoms with Gasteiger partial charge < -0.3 is 14.3 Å². The summed E-state index contributed by atoms with van der Waals surface area (Å²) in [5, 5.41) is 3.32. The van der Waals surface area contributed by atoms with Crippen LogP contribution in [0.2, 0.25) is 0 Å². The first-order valence-corrected chi connectivity index (χ1v) is 4.53. The molecule has 0 aliphatic carbocycles. The van der Waals surface area contributed by atoms with Crippen molar-refractivity contribution in [2.24, 2.45) is 0 Å². The van der Waals surface area contributed by atoms with Crippen molar-refractivity contribution in [1.82, 2.24) is 5.16 Å². The Labute approximate surface area is 63.2 Å². The molecule has 0 bridgehead atoms. The monoisotopic (exact) mass is 177 g/mol. The smallest absolute Gasteiger partial charge is 0.360 e. The third-order valence-corrected chi connectivity index (χ3v) is 2.51. The predicted molar refractivity (Wildman–Crippen MR) is 37.7 cm³/mol. The molecule has 0 unspecified atom stereocenters. The normalized spacial score (nSPS) is 12.0. The zero-order valence-electron chi connectivity index (χ0n) is 6.11. The molecular formula is C5H8NO4P. The van der Waals surface area contributed by atoms with Gasteiger partial charge in [-0.3, -0.25) is 4.57 Å². The van der Waals surface area contributed by atoms with Crippen LogP contribution in [0, 0.1) is 13.8 Å². The lowest BCUT2D eigenvalue weighted by Crippen LogP contribution is -2.07. The molecule has 0 aromatic carbocycles. The van der Waals surface area contributed by atoms with E-state index in [0.29, 0.717) is 0 Å². The first-order chi connectivity index (χ1) is 4.93. The quantitative estimate of drug-likeness (QED) is 0.594. The van der Waals surface area contributed by atoms with Crippen LogP contribution in [-0.2, 0) is 4.57 Å². The SMILES string of the molecule is Cc1noc(C)c1P(=O)(O)O. The van der Waals surface area contributed by atoms with Gasteiger partial charge in [0, 0.05) is 0 Å². The van der Waals surface area contributed by atoms with E-state index in [-0.39, 0.29) is 16.8 Å². The number of aryl methyl sites for hydroxylation is 2. The lowest BCUT2D eigenvalue weighted by atomic mass is 10.4. The van der Waals surface area contributed by atoms with Crippen molar-refractivity contribution in [2.75, 3.05) is 0 Å². The molecule has 0 aliphatic heterocycles. The maximum Gasteiger partial charge on any atom is 0.361 e. The highest BCUT2D eigenvalue weighted by Crippen LogP contribution is 2.35. The van der Waals surface area contributed by atoms with Crippen LogP contribution >= 0.6 is 7.60 Å². The van der Waals surface area contributed by atoms with Crippen molar-refractivity contribution in [1.29, 1.82) is 0 Å². The van der Waals surface area contributed by atoms with E-state index < -0.39 is 7.60 Å². The molecule has 0 saturated carbocycles. The fourth-order valence-corrected chi connectivity index (χ4v) is 1.81. The molecule has 0 amide bonds. The molecule has 11 heavy (non-hydrogen) atoms. The van der Waals surface area contributed by atoms with Crippen molar-refractivity contribution in [3.05, 3.63) is 11.5 Å². The Kier molecular flexibility index (Phi) is 1.88. The minimum Gasteiger partial charge on any atom is -0.360 e. The van der Waals surface area contributed by atoms with Crippen LogP contribution in [0.3, 0.4) is 0 Å².